The molecule has 1 atom stereocenters. The Morgan fingerprint density at radius 2 is 2.08 bits per heavy atom. The number of hydrogen-bond acceptors (Lipinski definition) is 1. The molecule has 0 spiro atoms. The summed E-state index contributed by atoms with van der Waals surface area (Å²) >= 11 is 5.62. The van der Waals surface area contributed by atoms with Gasteiger partial charge in [0.1, 0.15) is 11.9 Å². The van der Waals surface area contributed by atoms with E-state index in [1.54, 1.807) is 6.08 Å². The Bertz CT molecular complexity index is 233. The standard InChI is InChI=1S/C10H11ClO/c1-2-9(8-11)12-10-6-4-3-5-7-10/h2-7,9H,1,8H2. The number of para-hydroxylation sites is 1. The molecule has 0 heterocycles. The monoisotopic (exact) mass is 182 g/mol. The summed E-state index contributed by atoms with van der Waals surface area (Å²) < 4.78 is 5.46. The molecule has 0 aliphatic carbocycles. The van der Waals surface area contributed by atoms with Gasteiger partial charge in [-0.2, -0.15) is 0 Å². The van der Waals surface area contributed by atoms with E-state index >= 15 is 0 Å². The minimum Gasteiger partial charge on any atom is -0.485 e. The molecule has 1 rings (SSSR count). The average Bonchev–Trinajstić information content (AvgIpc) is 2.16. The van der Waals surface area contributed by atoms with Gasteiger partial charge >= 0.3 is 0 Å². The van der Waals surface area contributed by atoms with Gasteiger partial charge in [0.2, 0.25) is 0 Å². The summed E-state index contributed by atoms with van der Waals surface area (Å²) in [4.78, 5) is 0. The minimum atomic E-state index is -0.103. The highest BCUT2D eigenvalue weighted by atomic mass is 35.5. The van der Waals surface area contributed by atoms with Gasteiger partial charge in [0.25, 0.3) is 0 Å². The quantitative estimate of drug-likeness (QED) is 0.514. The molecule has 1 unspecified atom stereocenters. The second-order valence-corrected chi connectivity index (χ2v) is 2.67. The third-order valence-corrected chi connectivity index (χ3v) is 1.75. The van der Waals surface area contributed by atoms with Crippen molar-refractivity contribution in [1.29, 1.82) is 0 Å². The molecule has 2 heteroatoms. The lowest BCUT2D eigenvalue weighted by molar-refractivity contribution is 0.273. The largest absolute Gasteiger partial charge is 0.485 e. The lowest BCUT2D eigenvalue weighted by atomic mass is 10.3. The summed E-state index contributed by atoms with van der Waals surface area (Å²) in [5.41, 5.74) is 0. The van der Waals surface area contributed by atoms with Gasteiger partial charge in [-0.25, -0.2) is 0 Å². The number of alkyl halides is 1. The van der Waals surface area contributed by atoms with Crippen LogP contribution in [0, 0.1) is 0 Å². The third-order valence-electron chi connectivity index (χ3n) is 1.45. The maximum absolute atomic E-state index is 5.62. The van der Waals surface area contributed by atoms with Crippen molar-refractivity contribution in [1.82, 2.24) is 0 Å². The SMILES string of the molecule is C=CC(CCl)Oc1ccccc1. The molecule has 0 aromatic heterocycles. The molecular weight excluding hydrogens is 172 g/mol. The van der Waals surface area contributed by atoms with Gasteiger partial charge in [0.05, 0.1) is 5.88 Å². The lowest BCUT2D eigenvalue weighted by Gasteiger charge is -2.11. The normalized spacial score (nSPS) is 12.1. The van der Waals surface area contributed by atoms with Crippen LogP contribution in [0.4, 0.5) is 0 Å². The Kier molecular flexibility index (Phi) is 3.68. The van der Waals surface area contributed by atoms with Crippen LogP contribution >= 0.6 is 11.6 Å². The fourth-order valence-corrected chi connectivity index (χ4v) is 1.01. The first-order valence-electron chi connectivity index (χ1n) is 3.77. The van der Waals surface area contributed by atoms with E-state index in [2.05, 4.69) is 6.58 Å². The molecule has 0 saturated heterocycles. The molecule has 64 valence electrons. The van der Waals surface area contributed by atoms with Crippen molar-refractivity contribution in [2.45, 2.75) is 6.10 Å². The molecule has 0 amide bonds. The summed E-state index contributed by atoms with van der Waals surface area (Å²) in [5.74, 6) is 1.25. The maximum atomic E-state index is 5.62. The maximum Gasteiger partial charge on any atom is 0.130 e. The Labute approximate surface area is 77.6 Å². The predicted molar refractivity (Wildman–Crippen MR) is 51.8 cm³/mol. The highest BCUT2D eigenvalue weighted by molar-refractivity contribution is 6.18. The average molecular weight is 183 g/mol. The van der Waals surface area contributed by atoms with Gasteiger partial charge in [-0.1, -0.05) is 30.9 Å². The first kappa shape index (κ1) is 9.14. The van der Waals surface area contributed by atoms with Crippen molar-refractivity contribution in [3.63, 3.8) is 0 Å². The summed E-state index contributed by atoms with van der Waals surface area (Å²) in [6.07, 6.45) is 1.59. The molecular formula is C10H11ClO. The zero-order valence-corrected chi connectivity index (χ0v) is 7.50. The van der Waals surface area contributed by atoms with Crippen molar-refractivity contribution in [3.05, 3.63) is 43.0 Å². The summed E-state index contributed by atoms with van der Waals surface area (Å²) in [7, 11) is 0. The second kappa shape index (κ2) is 4.83. The van der Waals surface area contributed by atoms with Crippen LogP contribution in [-0.2, 0) is 0 Å². The zero-order valence-electron chi connectivity index (χ0n) is 6.74. The van der Waals surface area contributed by atoms with Crippen molar-refractivity contribution in [2.24, 2.45) is 0 Å². The van der Waals surface area contributed by atoms with E-state index in [0.29, 0.717) is 5.88 Å². The topological polar surface area (TPSA) is 9.23 Å². The smallest absolute Gasteiger partial charge is 0.130 e. The number of rotatable bonds is 4. The number of ether oxygens (including phenoxy) is 1. The van der Waals surface area contributed by atoms with Crippen LogP contribution in [-0.4, -0.2) is 12.0 Å². The highest BCUT2D eigenvalue weighted by Gasteiger charge is 2.02. The van der Waals surface area contributed by atoms with Crippen LogP contribution in [0.2, 0.25) is 0 Å². The highest BCUT2D eigenvalue weighted by Crippen LogP contribution is 2.11. The van der Waals surface area contributed by atoms with Crippen molar-refractivity contribution in [3.8, 4) is 5.75 Å². The zero-order chi connectivity index (χ0) is 8.81. The van der Waals surface area contributed by atoms with Crippen LogP contribution in [0.25, 0.3) is 0 Å². The van der Waals surface area contributed by atoms with E-state index in [9.17, 15) is 0 Å². The van der Waals surface area contributed by atoms with E-state index in [1.807, 2.05) is 30.3 Å². The Balaban J connectivity index is 2.56. The lowest BCUT2D eigenvalue weighted by Crippen LogP contribution is -2.14. The Morgan fingerprint density at radius 3 is 2.58 bits per heavy atom. The van der Waals surface area contributed by atoms with Crippen LogP contribution in [0.1, 0.15) is 0 Å². The van der Waals surface area contributed by atoms with E-state index in [1.165, 1.54) is 0 Å². The van der Waals surface area contributed by atoms with Crippen LogP contribution < -0.4 is 4.74 Å². The fraction of sp³-hybridized carbons (Fsp3) is 0.200. The van der Waals surface area contributed by atoms with Crippen LogP contribution in [0.3, 0.4) is 0 Å². The van der Waals surface area contributed by atoms with Crippen molar-refractivity contribution >= 4 is 11.6 Å². The molecule has 0 N–H and O–H groups in total. The molecule has 0 saturated carbocycles. The van der Waals surface area contributed by atoms with Crippen LogP contribution in [0.15, 0.2) is 43.0 Å². The van der Waals surface area contributed by atoms with Gasteiger partial charge in [-0.3, -0.25) is 0 Å². The molecule has 0 aliphatic rings. The first-order chi connectivity index (χ1) is 5.86. The summed E-state index contributed by atoms with van der Waals surface area (Å²) in [5, 5.41) is 0. The van der Waals surface area contributed by atoms with E-state index in [0.717, 1.165) is 5.75 Å². The van der Waals surface area contributed by atoms with E-state index in [4.69, 9.17) is 16.3 Å². The van der Waals surface area contributed by atoms with E-state index < -0.39 is 0 Å². The number of hydrogen-bond donors (Lipinski definition) is 0. The molecule has 0 radical (unpaired) electrons. The van der Waals surface area contributed by atoms with Crippen molar-refractivity contribution < 1.29 is 4.74 Å². The second-order valence-electron chi connectivity index (χ2n) is 2.36. The number of benzene rings is 1. The molecule has 1 aromatic carbocycles. The van der Waals surface area contributed by atoms with Crippen LogP contribution in [0.5, 0.6) is 5.75 Å². The predicted octanol–water partition coefficient (Wildman–Crippen LogP) is 2.86. The first-order valence-corrected chi connectivity index (χ1v) is 4.30. The molecule has 1 aromatic rings. The van der Waals surface area contributed by atoms with Gasteiger partial charge in [0, 0.05) is 0 Å². The fourth-order valence-electron chi connectivity index (χ4n) is 0.816. The molecule has 0 aliphatic heterocycles. The third kappa shape index (κ3) is 2.59. The molecule has 12 heavy (non-hydrogen) atoms. The number of halogens is 1. The van der Waals surface area contributed by atoms with Gasteiger partial charge < -0.3 is 4.74 Å². The van der Waals surface area contributed by atoms with E-state index in [-0.39, 0.29) is 6.10 Å². The Morgan fingerprint density at radius 1 is 1.42 bits per heavy atom. The van der Waals surface area contributed by atoms with Crippen molar-refractivity contribution in [2.75, 3.05) is 5.88 Å². The molecule has 0 bridgehead atoms. The summed E-state index contributed by atoms with van der Waals surface area (Å²) in [6.45, 7) is 3.62. The van der Waals surface area contributed by atoms with Gasteiger partial charge in [-0.15, -0.1) is 11.6 Å². The Hall–Kier alpha value is -0.950. The molecule has 0 fully saturated rings. The van der Waals surface area contributed by atoms with Gasteiger partial charge in [0.15, 0.2) is 0 Å². The summed E-state index contributed by atoms with van der Waals surface area (Å²) in [6, 6.07) is 9.57. The molecule has 1 nitrogen and oxygen atoms in total. The van der Waals surface area contributed by atoms with Gasteiger partial charge in [-0.05, 0) is 12.1 Å². The minimum absolute atomic E-state index is 0.103.